The molecule has 1 aliphatic heterocycles. The number of hydrogen-bond donors (Lipinski definition) is 0. The molecule has 1 saturated heterocycles. The molecule has 2 nitrogen and oxygen atoms in total. The van der Waals surface area contributed by atoms with Crippen LogP contribution >= 0.6 is 15.9 Å². The van der Waals surface area contributed by atoms with Gasteiger partial charge in [0.25, 0.3) is 0 Å². The van der Waals surface area contributed by atoms with E-state index in [9.17, 15) is 4.79 Å². The third-order valence-corrected chi connectivity index (χ3v) is 5.13. The van der Waals surface area contributed by atoms with Crippen LogP contribution in [0.2, 0.25) is 0 Å². The lowest BCUT2D eigenvalue weighted by Gasteiger charge is -2.20. The number of carbonyl (C=O) groups is 1. The van der Waals surface area contributed by atoms with Gasteiger partial charge in [-0.25, -0.2) is 0 Å². The predicted octanol–water partition coefficient (Wildman–Crippen LogP) is 2.64. The SMILES string of the molecule is O=C(C1Cc2ccccc2C1)N1CCC(CBr)C1. The minimum absolute atomic E-state index is 0.191. The number of amides is 1. The van der Waals surface area contributed by atoms with E-state index in [2.05, 4.69) is 45.1 Å². The van der Waals surface area contributed by atoms with Gasteiger partial charge in [-0.15, -0.1) is 0 Å². The summed E-state index contributed by atoms with van der Waals surface area (Å²) < 4.78 is 0. The molecule has 1 unspecified atom stereocenters. The number of halogens is 1. The average Bonchev–Trinajstić information content (AvgIpc) is 3.04. The molecule has 0 spiro atoms. The van der Waals surface area contributed by atoms with E-state index in [1.54, 1.807) is 0 Å². The molecule has 3 rings (SSSR count). The van der Waals surface area contributed by atoms with Crippen LogP contribution in [-0.2, 0) is 17.6 Å². The number of alkyl halides is 1. The minimum Gasteiger partial charge on any atom is -0.342 e. The third-order valence-electron chi connectivity index (χ3n) is 4.22. The first-order valence-electron chi connectivity index (χ1n) is 6.69. The van der Waals surface area contributed by atoms with Crippen LogP contribution in [0.5, 0.6) is 0 Å². The Morgan fingerprint density at radius 2 is 1.94 bits per heavy atom. The van der Waals surface area contributed by atoms with E-state index in [1.165, 1.54) is 11.1 Å². The Hall–Kier alpha value is -0.830. The number of likely N-dealkylation sites (tertiary alicyclic amines) is 1. The van der Waals surface area contributed by atoms with Crippen molar-refractivity contribution in [3.8, 4) is 0 Å². The van der Waals surface area contributed by atoms with E-state index >= 15 is 0 Å². The summed E-state index contributed by atoms with van der Waals surface area (Å²) in [7, 11) is 0. The molecule has 0 bridgehead atoms. The molecule has 0 radical (unpaired) electrons. The second-order valence-corrected chi connectivity index (χ2v) is 6.11. The van der Waals surface area contributed by atoms with Crippen LogP contribution in [0.1, 0.15) is 17.5 Å². The fourth-order valence-corrected chi connectivity index (χ4v) is 3.68. The first-order valence-corrected chi connectivity index (χ1v) is 7.81. The summed E-state index contributed by atoms with van der Waals surface area (Å²) in [6, 6.07) is 8.46. The van der Waals surface area contributed by atoms with Crippen LogP contribution in [-0.4, -0.2) is 29.2 Å². The zero-order valence-electron chi connectivity index (χ0n) is 10.4. The van der Waals surface area contributed by atoms with E-state index in [-0.39, 0.29) is 5.92 Å². The van der Waals surface area contributed by atoms with Crippen LogP contribution in [0, 0.1) is 11.8 Å². The zero-order valence-corrected chi connectivity index (χ0v) is 12.0. The minimum atomic E-state index is 0.191. The van der Waals surface area contributed by atoms with Crippen LogP contribution in [0.4, 0.5) is 0 Å². The van der Waals surface area contributed by atoms with Gasteiger partial charge in [0.15, 0.2) is 0 Å². The summed E-state index contributed by atoms with van der Waals surface area (Å²) in [6.07, 6.45) is 3.02. The summed E-state index contributed by atoms with van der Waals surface area (Å²) in [6.45, 7) is 1.89. The molecule has 2 aliphatic rings. The van der Waals surface area contributed by atoms with Gasteiger partial charge in [0.05, 0.1) is 0 Å². The molecule has 0 saturated carbocycles. The van der Waals surface area contributed by atoms with Gasteiger partial charge in [-0.3, -0.25) is 4.79 Å². The lowest BCUT2D eigenvalue weighted by molar-refractivity contribution is -0.134. The van der Waals surface area contributed by atoms with Crippen LogP contribution in [0.25, 0.3) is 0 Å². The highest BCUT2D eigenvalue weighted by atomic mass is 79.9. The van der Waals surface area contributed by atoms with Crippen LogP contribution in [0.15, 0.2) is 24.3 Å². The molecule has 0 N–H and O–H groups in total. The highest BCUT2D eigenvalue weighted by Crippen LogP contribution is 2.29. The van der Waals surface area contributed by atoms with E-state index < -0.39 is 0 Å². The Labute approximate surface area is 116 Å². The van der Waals surface area contributed by atoms with Gasteiger partial charge in [-0.2, -0.15) is 0 Å². The summed E-state index contributed by atoms with van der Waals surface area (Å²) >= 11 is 3.52. The smallest absolute Gasteiger partial charge is 0.226 e. The third kappa shape index (κ3) is 2.20. The highest BCUT2D eigenvalue weighted by molar-refractivity contribution is 9.09. The largest absolute Gasteiger partial charge is 0.342 e. The number of carbonyl (C=O) groups excluding carboxylic acids is 1. The van der Waals surface area contributed by atoms with Gasteiger partial charge >= 0.3 is 0 Å². The predicted molar refractivity (Wildman–Crippen MR) is 75.8 cm³/mol. The normalized spacial score (nSPS) is 23.4. The first kappa shape index (κ1) is 12.2. The first-order chi connectivity index (χ1) is 8.78. The van der Waals surface area contributed by atoms with E-state index in [0.29, 0.717) is 11.8 Å². The van der Waals surface area contributed by atoms with Gasteiger partial charge < -0.3 is 4.90 Å². The van der Waals surface area contributed by atoms with Crippen molar-refractivity contribution >= 4 is 21.8 Å². The topological polar surface area (TPSA) is 20.3 Å². The number of nitrogens with zero attached hydrogens (tertiary/aromatic N) is 1. The molecular formula is C15H18BrNO. The van der Waals surface area contributed by atoms with Crippen molar-refractivity contribution in [2.75, 3.05) is 18.4 Å². The van der Waals surface area contributed by atoms with Crippen molar-refractivity contribution < 1.29 is 4.79 Å². The van der Waals surface area contributed by atoms with Crippen molar-refractivity contribution in [1.82, 2.24) is 4.90 Å². The van der Waals surface area contributed by atoms with Crippen LogP contribution < -0.4 is 0 Å². The molecule has 96 valence electrons. The quantitative estimate of drug-likeness (QED) is 0.769. The lowest BCUT2D eigenvalue weighted by atomic mass is 10.1. The second-order valence-electron chi connectivity index (χ2n) is 5.47. The number of fused-ring (bicyclic) bond motifs is 1. The van der Waals surface area contributed by atoms with Gasteiger partial charge in [0.2, 0.25) is 5.91 Å². The maximum atomic E-state index is 12.5. The number of hydrogen-bond acceptors (Lipinski definition) is 1. The Bertz CT molecular complexity index is 435. The molecule has 1 aromatic carbocycles. The van der Waals surface area contributed by atoms with Crippen molar-refractivity contribution in [1.29, 1.82) is 0 Å². The van der Waals surface area contributed by atoms with Crippen molar-refractivity contribution in [3.63, 3.8) is 0 Å². The van der Waals surface area contributed by atoms with E-state index in [0.717, 1.165) is 37.7 Å². The van der Waals surface area contributed by atoms with Crippen LogP contribution in [0.3, 0.4) is 0 Å². The standard InChI is InChI=1S/C15H18BrNO/c16-9-11-5-6-17(10-11)15(18)14-7-12-3-1-2-4-13(12)8-14/h1-4,11,14H,5-10H2. The molecule has 18 heavy (non-hydrogen) atoms. The molecule has 1 atom stereocenters. The monoisotopic (exact) mass is 307 g/mol. The van der Waals surface area contributed by atoms with Gasteiger partial charge in [0, 0.05) is 24.3 Å². The van der Waals surface area contributed by atoms with Crippen molar-refractivity contribution in [3.05, 3.63) is 35.4 Å². The maximum Gasteiger partial charge on any atom is 0.226 e. The Morgan fingerprint density at radius 1 is 1.28 bits per heavy atom. The molecule has 1 heterocycles. The fourth-order valence-electron chi connectivity index (χ4n) is 3.15. The second kappa shape index (κ2) is 5.04. The molecule has 1 aliphatic carbocycles. The van der Waals surface area contributed by atoms with E-state index in [4.69, 9.17) is 0 Å². The molecule has 1 aromatic rings. The maximum absolute atomic E-state index is 12.5. The summed E-state index contributed by atoms with van der Waals surface area (Å²) in [5, 5.41) is 1.02. The van der Waals surface area contributed by atoms with Crippen molar-refractivity contribution in [2.24, 2.45) is 11.8 Å². The van der Waals surface area contributed by atoms with Gasteiger partial charge in [-0.1, -0.05) is 40.2 Å². The van der Waals surface area contributed by atoms with Crippen molar-refractivity contribution in [2.45, 2.75) is 19.3 Å². The molecule has 1 amide bonds. The Balaban J connectivity index is 1.66. The van der Waals surface area contributed by atoms with E-state index in [1.807, 2.05) is 0 Å². The number of benzene rings is 1. The lowest BCUT2D eigenvalue weighted by Crippen LogP contribution is -2.35. The summed E-state index contributed by atoms with van der Waals surface area (Å²) in [5.74, 6) is 1.21. The van der Waals surface area contributed by atoms with Gasteiger partial charge in [0.1, 0.15) is 0 Å². The summed E-state index contributed by atoms with van der Waals surface area (Å²) in [4.78, 5) is 14.6. The number of rotatable bonds is 2. The Morgan fingerprint density at radius 3 is 2.50 bits per heavy atom. The Kier molecular flexibility index (Phi) is 3.42. The zero-order chi connectivity index (χ0) is 12.5. The fraction of sp³-hybridized carbons (Fsp3) is 0.533. The molecule has 1 fully saturated rings. The summed E-state index contributed by atoms with van der Waals surface area (Å²) in [5.41, 5.74) is 2.74. The van der Waals surface area contributed by atoms with Gasteiger partial charge in [-0.05, 0) is 36.3 Å². The average molecular weight is 308 g/mol. The molecule has 0 aromatic heterocycles. The highest BCUT2D eigenvalue weighted by Gasteiger charge is 2.33. The molecule has 3 heteroatoms. The molecular weight excluding hydrogens is 290 g/mol.